The number of aromatic amines is 1. The van der Waals surface area contributed by atoms with Gasteiger partial charge in [0.1, 0.15) is 0 Å². The maximum Gasteiger partial charge on any atom is 0.313 e. The first-order valence-corrected chi connectivity index (χ1v) is 7.82. The molecule has 0 aliphatic heterocycles. The van der Waals surface area contributed by atoms with Gasteiger partial charge in [-0.05, 0) is 42.3 Å². The fourth-order valence-corrected chi connectivity index (χ4v) is 2.55. The number of fused-ring (bicyclic) bond motifs is 1. The number of nitrogens with one attached hydrogen (secondary N) is 3. The van der Waals surface area contributed by atoms with Gasteiger partial charge in [-0.3, -0.25) is 9.59 Å². The van der Waals surface area contributed by atoms with Crippen LogP contribution in [0.5, 0.6) is 0 Å². The highest BCUT2D eigenvalue weighted by Crippen LogP contribution is 2.17. The SMILES string of the molecule is N#Cc1ccc(NC(=O)C(=O)NCCc2c[nH]c3ccccc23)cc1. The van der Waals surface area contributed by atoms with Crippen LogP contribution >= 0.6 is 0 Å². The third kappa shape index (κ3) is 3.85. The highest BCUT2D eigenvalue weighted by atomic mass is 16.2. The zero-order valence-electron chi connectivity index (χ0n) is 13.4. The van der Waals surface area contributed by atoms with Crippen molar-refractivity contribution in [3.63, 3.8) is 0 Å². The van der Waals surface area contributed by atoms with Gasteiger partial charge in [0.15, 0.2) is 0 Å². The Hall–Kier alpha value is -3.59. The summed E-state index contributed by atoms with van der Waals surface area (Å²) in [6.07, 6.45) is 2.54. The number of amides is 2. The number of aromatic nitrogens is 1. The molecule has 25 heavy (non-hydrogen) atoms. The van der Waals surface area contributed by atoms with Crippen molar-refractivity contribution in [1.29, 1.82) is 5.26 Å². The molecule has 0 spiro atoms. The predicted molar refractivity (Wildman–Crippen MR) is 94.8 cm³/mol. The van der Waals surface area contributed by atoms with Crippen LogP contribution in [-0.4, -0.2) is 23.3 Å². The standard InChI is InChI=1S/C19H16N4O2/c20-11-13-5-7-15(8-6-13)23-19(25)18(24)21-10-9-14-12-22-17-4-2-1-3-16(14)17/h1-8,12,22H,9-10H2,(H,21,24)(H,23,25). The molecule has 0 fully saturated rings. The van der Waals surface area contributed by atoms with Crippen LogP contribution in [0.3, 0.4) is 0 Å². The minimum Gasteiger partial charge on any atom is -0.361 e. The first kappa shape index (κ1) is 16.3. The van der Waals surface area contributed by atoms with E-state index in [1.54, 1.807) is 24.3 Å². The molecule has 0 radical (unpaired) electrons. The zero-order chi connectivity index (χ0) is 17.6. The quantitative estimate of drug-likeness (QED) is 0.640. The van der Waals surface area contributed by atoms with E-state index >= 15 is 0 Å². The van der Waals surface area contributed by atoms with Gasteiger partial charge in [0, 0.05) is 29.3 Å². The second-order valence-electron chi connectivity index (χ2n) is 5.51. The van der Waals surface area contributed by atoms with Crippen LogP contribution in [0.4, 0.5) is 5.69 Å². The third-order valence-corrected chi connectivity index (χ3v) is 3.83. The largest absolute Gasteiger partial charge is 0.361 e. The van der Waals surface area contributed by atoms with Crippen LogP contribution in [0.25, 0.3) is 10.9 Å². The number of H-pyrrole nitrogens is 1. The van der Waals surface area contributed by atoms with Crippen LogP contribution in [0.15, 0.2) is 54.7 Å². The van der Waals surface area contributed by atoms with E-state index in [0.29, 0.717) is 24.2 Å². The Kier molecular flexibility index (Phi) is 4.77. The molecule has 2 aromatic carbocycles. The van der Waals surface area contributed by atoms with Crippen molar-refractivity contribution >= 4 is 28.4 Å². The summed E-state index contributed by atoms with van der Waals surface area (Å²) >= 11 is 0. The number of carbonyl (C=O) groups excluding carboxylic acids is 2. The summed E-state index contributed by atoms with van der Waals surface area (Å²) < 4.78 is 0. The number of benzene rings is 2. The van der Waals surface area contributed by atoms with Crippen molar-refractivity contribution < 1.29 is 9.59 Å². The Morgan fingerprint density at radius 1 is 1.04 bits per heavy atom. The number of para-hydroxylation sites is 1. The van der Waals surface area contributed by atoms with E-state index in [-0.39, 0.29) is 0 Å². The minimum atomic E-state index is -0.733. The molecule has 0 bridgehead atoms. The molecule has 0 saturated heterocycles. The molecule has 0 saturated carbocycles. The fourth-order valence-electron chi connectivity index (χ4n) is 2.55. The highest BCUT2D eigenvalue weighted by Gasteiger charge is 2.13. The summed E-state index contributed by atoms with van der Waals surface area (Å²) in [4.78, 5) is 26.9. The van der Waals surface area contributed by atoms with Crippen LogP contribution in [-0.2, 0) is 16.0 Å². The lowest BCUT2D eigenvalue weighted by Gasteiger charge is -2.06. The second kappa shape index (κ2) is 7.32. The average molecular weight is 332 g/mol. The number of hydrogen-bond acceptors (Lipinski definition) is 3. The van der Waals surface area contributed by atoms with E-state index < -0.39 is 11.8 Å². The molecule has 0 unspecified atom stereocenters. The van der Waals surface area contributed by atoms with E-state index in [9.17, 15) is 9.59 Å². The summed E-state index contributed by atoms with van der Waals surface area (Å²) in [7, 11) is 0. The Morgan fingerprint density at radius 2 is 1.80 bits per heavy atom. The summed E-state index contributed by atoms with van der Waals surface area (Å²) in [5, 5.41) is 15.0. The number of hydrogen-bond donors (Lipinski definition) is 3. The van der Waals surface area contributed by atoms with Gasteiger partial charge in [0.05, 0.1) is 11.6 Å². The molecule has 6 nitrogen and oxygen atoms in total. The van der Waals surface area contributed by atoms with Gasteiger partial charge in [-0.1, -0.05) is 18.2 Å². The lowest BCUT2D eigenvalue weighted by molar-refractivity contribution is -0.136. The molecule has 0 aliphatic rings. The molecule has 3 rings (SSSR count). The summed E-state index contributed by atoms with van der Waals surface area (Å²) in [6.45, 7) is 0.363. The minimum absolute atomic E-state index is 0.363. The van der Waals surface area contributed by atoms with Crippen LogP contribution < -0.4 is 10.6 Å². The molecule has 3 N–H and O–H groups in total. The van der Waals surface area contributed by atoms with Crippen LogP contribution in [0.2, 0.25) is 0 Å². The van der Waals surface area contributed by atoms with E-state index in [1.807, 2.05) is 36.5 Å². The van der Waals surface area contributed by atoms with Crippen molar-refractivity contribution in [3.05, 3.63) is 65.9 Å². The van der Waals surface area contributed by atoms with Crippen molar-refractivity contribution in [2.24, 2.45) is 0 Å². The maximum absolute atomic E-state index is 11.9. The second-order valence-corrected chi connectivity index (χ2v) is 5.51. The number of nitrogens with zero attached hydrogens (tertiary/aromatic N) is 1. The molecular formula is C19H16N4O2. The molecule has 1 heterocycles. The first-order valence-electron chi connectivity index (χ1n) is 7.82. The number of nitriles is 1. The number of carbonyl (C=O) groups is 2. The number of rotatable bonds is 4. The molecule has 0 atom stereocenters. The predicted octanol–water partition coefficient (Wildman–Crippen LogP) is 2.34. The van der Waals surface area contributed by atoms with Crippen LogP contribution in [0.1, 0.15) is 11.1 Å². The van der Waals surface area contributed by atoms with Gasteiger partial charge in [-0.25, -0.2) is 0 Å². The van der Waals surface area contributed by atoms with Crippen LogP contribution in [0, 0.1) is 11.3 Å². The van der Waals surface area contributed by atoms with E-state index in [0.717, 1.165) is 16.5 Å². The molecule has 0 aliphatic carbocycles. The summed E-state index contributed by atoms with van der Waals surface area (Å²) in [5.74, 6) is -1.42. The number of anilines is 1. The smallest absolute Gasteiger partial charge is 0.313 e. The normalized spacial score (nSPS) is 10.2. The topological polar surface area (TPSA) is 97.8 Å². The molecule has 6 heteroatoms. The lowest BCUT2D eigenvalue weighted by atomic mass is 10.1. The molecule has 124 valence electrons. The Labute approximate surface area is 144 Å². The van der Waals surface area contributed by atoms with E-state index in [4.69, 9.17) is 5.26 Å². The lowest BCUT2D eigenvalue weighted by Crippen LogP contribution is -2.36. The first-order chi connectivity index (χ1) is 12.2. The summed E-state index contributed by atoms with van der Waals surface area (Å²) in [5.41, 5.74) is 3.09. The third-order valence-electron chi connectivity index (χ3n) is 3.83. The van der Waals surface area contributed by atoms with Gasteiger partial charge < -0.3 is 15.6 Å². The van der Waals surface area contributed by atoms with E-state index in [2.05, 4.69) is 15.6 Å². The molecule has 3 aromatic rings. The van der Waals surface area contributed by atoms with Gasteiger partial charge >= 0.3 is 11.8 Å². The molecule has 1 aromatic heterocycles. The highest BCUT2D eigenvalue weighted by molar-refractivity contribution is 6.39. The average Bonchev–Trinajstić information content (AvgIpc) is 3.05. The van der Waals surface area contributed by atoms with Crippen molar-refractivity contribution in [1.82, 2.24) is 10.3 Å². The fraction of sp³-hybridized carbons (Fsp3) is 0.105. The Balaban J connectivity index is 1.51. The van der Waals surface area contributed by atoms with E-state index in [1.165, 1.54) is 0 Å². The molecule has 2 amide bonds. The molecular weight excluding hydrogens is 316 g/mol. The van der Waals surface area contributed by atoms with Gasteiger partial charge in [-0.2, -0.15) is 5.26 Å². The van der Waals surface area contributed by atoms with Crippen molar-refractivity contribution in [2.45, 2.75) is 6.42 Å². The van der Waals surface area contributed by atoms with Gasteiger partial charge in [-0.15, -0.1) is 0 Å². The summed E-state index contributed by atoms with van der Waals surface area (Å²) in [6, 6.07) is 16.2. The monoisotopic (exact) mass is 332 g/mol. The Bertz CT molecular complexity index is 951. The maximum atomic E-state index is 11.9. The Morgan fingerprint density at radius 3 is 2.56 bits per heavy atom. The van der Waals surface area contributed by atoms with Gasteiger partial charge in [0.2, 0.25) is 0 Å². The zero-order valence-corrected chi connectivity index (χ0v) is 13.4. The van der Waals surface area contributed by atoms with Gasteiger partial charge in [0.25, 0.3) is 0 Å². The van der Waals surface area contributed by atoms with Crippen molar-refractivity contribution in [3.8, 4) is 6.07 Å². The van der Waals surface area contributed by atoms with Crippen molar-refractivity contribution in [2.75, 3.05) is 11.9 Å².